The number of allylic oxidation sites excluding steroid dienone is 7. The molecule has 10 heavy (non-hydrogen) atoms. The van der Waals surface area contributed by atoms with Gasteiger partial charge in [-0.1, -0.05) is 18.2 Å². The van der Waals surface area contributed by atoms with Crippen LogP contribution in [0, 0.1) is 0 Å². The molecule has 0 atom stereocenters. The molecule has 50 valence electrons. The van der Waals surface area contributed by atoms with Crippen molar-refractivity contribution < 1.29 is 4.39 Å². The quantitative estimate of drug-likeness (QED) is 0.447. The van der Waals surface area contributed by atoms with Gasteiger partial charge < -0.3 is 0 Å². The van der Waals surface area contributed by atoms with Crippen molar-refractivity contribution in [3.8, 4) is 0 Å². The molecule has 1 rings (SSSR count). The maximum Gasteiger partial charge on any atom is 0.123 e. The van der Waals surface area contributed by atoms with E-state index in [9.17, 15) is 4.39 Å². The van der Waals surface area contributed by atoms with Gasteiger partial charge in [0.2, 0.25) is 0 Å². The molecule has 0 unspecified atom stereocenters. The Morgan fingerprint density at radius 2 is 1.90 bits per heavy atom. The molecule has 0 amide bonds. The second-order valence-electron chi connectivity index (χ2n) is 1.80. The van der Waals surface area contributed by atoms with E-state index in [1.807, 2.05) is 0 Å². The normalized spacial score (nSPS) is 27.5. The van der Waals surface area contributed by atoms with Crippen molar-refractivity contribution in [2.24, 2.45) is 0 Å². The molecule has 0 saturated heterocycles. The van der Waals surface area contributed by atoms with Gasteiger partial charge in [-0.2, -0.15) is 0 Å². The molecule has 0 spiro atoms. The maximum atomic E-state index is 12.5. The van der Waals surface area contributed by atoms with Gasteiger partial charge in [0.25, 0.3) is 0 Å². The molecule has 0 heterocycles. The van der Waals surface area contributed by atoms with E-state index in [0.29, 0.717) is 0 Å². The van der Waals surface area contributed by atoms with Crippen LogP contribution in [0.3, 0.4) is 0 Å². The lowest BCUT2D eigenvalue weighted by Gasteiger charge is -1.78. The van der Waals surface area contributed by atoms with Gasteiger partial charge in [-0.05, 0) is 24.3 Å². The smallest absolute Gasteiger partial charge is 0.123 e. The predicted octanol–water partition coefficient (Wildman–Crippen LogP) is 2.68. The first kappa shape index (κ1) is 6.79. The molecule has 0 aromatic rings. The van der Waals surface area contributed by atoms with E-state index in [1.54, 1.807) is 30.4 Å². The third kappa shape index (κ3) is 2.29. The van der Waals surface area contributed by atoms with Gasteiger partial charge in [-0.15, -0.1) is 5.73 Å². The van der Waals surface area contributed by atoms with Gasteiger partial charge in [0.1, 0.15) is 5.83 Å². The van der Waals surface area contributed by atoms with E-state index in [1.165, 1.54) is 12.2 Å². The fourth-order valence-electron chi connectivity index (χ4n) is 0.565. The molecule has 1 heteroatoms. The molecule has 0 bridgehead atoms. The lowest BCUT2D eigenvalue weighted by molar-refractivity contribution is 0.667. The van der Waals surface area contributed by atoms with Crippen molar-refractivity contribution in [2.75, 3.05) is 0 Å². The zero-order chi connectivity index (χ0) is 7.23. The molecule has 0 radical (unpaired) electrons. The number of rotatable bonds is 0. The summed E-state index contributed by atoms with van der Waals surface area (Å²) in [5.41, 5.74) is 2.82. The molecular formula is C9H7F. The van der Waals surface area contributed by atoms with Crippen LogP contribution in [0.4, 0.5) is 4.39 Å². The van der Waals surface area contributed by atoms with Gasteiger partial charge in [0.05, 0.1) is 0 Å². The molecule has 1 aliphatic rings. The van der Waals surface area contributed by atoms with Crippen molar-refractivity contribution in [3.05, 3.63) is 54.1 Å². The minimum absolute atomic E-state index is 0.246. The molecule has 0 nitrogen and oxygen atoms in total. The highest BCUT2D eigenvalue weighted by Gasteiger charge is 1.81. The van der Waals surface area contributed by atoms with Crippen LogP contribution >= 0.6 is 0 Å². The molecule has 0 aromatic heterocycles. The van der Waals surface area contributed by atoms with Gasteiger partial charge in [-0.25, -0.2) is 4.39 Å². The molecule has 0 N–H and O–H groups in total. The standard InChI is InChI=1S/C9H7F/c10-9-7-5-3-1-2-4-6-8-9/h1,3-8H/b5-3-,8-6-,9-7+. The molecule has 1 aliphatic carbocycles. The fourth-order valence-corrected chi connectivity index (χ4v) is 0.565. The summed E-state index contributed by atoms with van der Waals surface area (Å²) in [7, 11) is 0. The summed E-state index contributed by atoms with van der Waals surface area (Å²) < 4.78 is 12.5. The van der Waals surface area contributed by atoms with Crippen LogP contribution in [0.5, 0.6) is 0 Å². The Morgan fingerprint density at radius 1 is 1.10 bits per heavy atom. The fraction of sp³-hybridized carbons (Fsp3) is 0. The molecular weight excluding hydrogens is 127 g/mol. The van der Waals surface area contributed by atoms with Crippen molar-refractivity contribution in [1.29, 1.82) is 0 Å². The van der Waals surface area contributed by atoms with E-state index in [2.05, 4.69) is 5.73 Å². The Labute approximate surface area is 59.4 Å². The highest BCUT2D eigenvalue weighted by Crippen LogP contribution is 1.99. The predicted molar refractivity (Wildman–Crippen MR) is 40.1 cm³/mol. The van der Waals surface area contributed by atoms with Gasteiger partial charge in [0.15, 0.2) is 0 Å². The summed E-state index contributed by atoms with van der Waals surface area (Å²) in [6, 6.07) is 0. The molecule has 0 saturated carbocycles. The SMILES string of the molecule is FC1=C/C=C\C=C=C/C=C\1. The first-order chi connectivity index (χ1) is 4.89. The Hall–Kier alpha value is -1.33. The Bertz CT molecular complexity index is 248. The number of halogens is 1. The zero-order valence-corrected chi connectivity index (χ0v) is 5.42. The molecule has 0 aliphatic heterocycles. The van der Waals surface area contributed by atoms with Crippen molar-refractivity contribution in [3.63, 3.8) is 0 Å². The van der Waals surface area contributed by atoms with E-state index in [4.69, 9.17) is 0 Å². The zero-order valence-electron chi connectivity index (χ0n) is 5.42. The summed E-state index contributed by atoms with van der Waals surface area (Å²) in [5, 5.41) is 0. The van der Waals surface area contributed by atoms with Crippen LogP contribution in [0.25, 0.3) is 0 Å². The van der Waals surface area contributed by atoms with Crippen LogP contribution in [-0.2, 0) is 0 Å². The third-order valence-corrected chi connectivity index (χ3v) is 1.01. The molecule has 0 fully saturated rings. The van der Waals surface area contributed by atoms with E-state index < -0.39 is 0 Å². The highest BCUT2D eigenvalue weighted by molar-refractivity contribution is 5.24. The van der Waals surface area contributed by atoms with Gasteiger partial charge >= 0.3 is 0 Å². The minimum atomic E-state index is -0.246. The van der Waals surface area contributed by atoms with Crippen LogP contribution < -0.4 is 0 Å². The monoisotopic (exact) mass is 134 g/mol. The lowest BCUT2D eigenvalue weighted by atomic mass is 10.4. The van der Waals surface area contributed by atoms with Crippen molar-refractivity contribution >= 4 is 0 Å². The first-order valence-corrected chi connectivity index (χ1v) is 3.01. The Morgan fingerprint density at radius 3 is 2.80 bits per heavy atom. The second-order valence-corrected chi connectivity index (χ2v) is 1.80. The average Bonchev–Trinajstić information content (AvgIpc) is 2.02. The van der Waals surface area contributed by atoms with E-state index >= 15 is 0 Å². The summed E-state index contributed by atoms with van der Waals surface area (Å²) in [6.07, 6.45) is 11.1. The summed E-state index contributed by atoms with van der Waals surface area (Å²) in [6.45, 7) is 0. The van der Waals surface area contributed by atoms with Crippen molar-refractivity contribution in [1.82, 2.24) is 0 Å². The van der Waals surface area contributed by atoms with Gasteiger partial charge in [0, 0.05) is 0 Å². The number of hydrogen-bond donors (Lipinski definition) is 0. The maximum absolute atomic E-state index is 12.5. The Balaban J connectivity index is 2.89. The van der Waals surface area contributed by atoms with Crippen molar-refractivity contribution in [2.45, 2.75) is 0 Å². The van der Waals surface area contributed by atoms with E-state index in [-0.39, 0.29) is 5.83 Å². The Kier molecular flexibility index (Phi) is 2.48. The van der Waals surface area contributed by atoms with E-state index in [0.717, 1.165) is 0 Å². The highest BCUT2D eigenvalue weighted by atomic mass is 19.1. The topological polar surface area (TPSA) is 0 Å². The summed E-state index contributed by atoms with van der Waals surface area (Å²) >= 11 is 0. The molecule has 0 aromatic carbocycles. The van der Waals surface area contributed by atoms with Crippen LogP contribution in [0.15, 0.2) is 54.1 Å². The summed E-state index contributed by atoms with van der Waals surface area (Å²) in [4.78, 5) is 0. The summed E-state index contributed by atoms with van der Waals surface area (Å²) in [5.74, 6) is -0.246. The average molecular weight is 134 g/mol. The van der Waals surface area contributed by atoms with Crippen LogP contribution in [0.1, 0.15) is 0 Å². The second kappa shape index (κ2) is 3.65. The minimum Gasteiger partial charge on any atom is -0.207 e. The van der Waals surface area contributed by atoms with Crippen LogP contribution in [-0.4, -0.2) is 0 Å². The third-order valence-electron chi connectivity index (χ3n) is 1.01. The largest absolute Gasteiger partial charge is 0.207 e. The van der Waals surface area contributed by atoms with Crippen LogP contribution in [0.2, 0.25) is 0 Å². The first-order valence-electron chi connectivity index (χ1n) is 3.01. The lowest BCUT2D eigenvalue weighted by Crippen LogP contribution is -1.60. The van der Waals surface area contributed by atoms with Gasteiger partial charge in [-0.3, -0.25) is 0 Å². The number of hydrogen-bond acceptors (Lipinski definition) is 0.